The van der Waals surface area contributed by atoms with Crippen molar-refractivity contribution in [3.05, 3.63) is 34.9 Å². The fourth-order valence-electron chi connectivity index (χ4n) is 4.96. The normalized spacial score (nSPS) is 39.2. The topological polar surface area (TPSA) is 58.9 Å². The summed E-state index contributed by atoms with van der Waals surface area (Å²) in [7, 11) is 2.26. The summed E-state index contributed by atoms with van der Waals surface area (Å²) in [5, 5.41) is 20.9. The number of aliphatic hydroxyl groups is 2. The molecule has 0 aromatic heterocycles. The highest BCUT2D eigenvalue weighted by atomic mass is 127. The van der Waals surface area contributed by atoms with Crippen molar-refractivity contribution < 1.29 is 48.1 Å². The van der Waals surface area contributed by atoms with Gasteiger partial charge in [0.05, 0.1) is 31.7 Å². The van der Waals surface area contributed by atoms with E-state index in [0.29, 0.717) is 0 Å². The van der Waals surface area contributed by atoms with Gasteiger partial charge in [-0.2, -0.15) is 0 Å². The van der Waals surface area contributed by atoms with E-state index in [1.165, 1.54) is 11.1 Å². The standard InChI is InChI=1S/C17H20NO4.HI/c1-18-3-2-9-4-12(19)17(20)15(16(9)18)11-6-14-13(21-8-22-14)5-10(11)7-18;/h4-6,12,15-17,19-20H,2-3,7-8H2,1H3;1H/q+1;/p-1/t12-,15-,16+,17+,18?;/m0./s1. The Labute approximate surface area is 152 Å². The van der Waals surface area contributed by atoms with E-state index in [-0.39, 0.29) is 42.7 Å². The summed E-state index contributed by atoms with van der Waals surface area (Å²) in [6, 6.07) is 4.35. The number of nitrogens with zero attached hydrogens (tertiary/aromatic N) is 1. The molecule has 0 amide bonds. The molecule has 23 heavy (non-hydrogen) atoms. The highest BCUT2D eigenvalue weighted by molar-refractivity contribution is 5.52. The van der Waals surface area contributed by atoms with Crippen LogP contribution in [0, 0.1) is 0 Å². The molecule has 5 nitrogen and oxygen atoms in total. The number of aliphatic hydroxyl groups excluding tert-OH is 2. The van der Waals surface area contributed by atoms with Gasteiger partial charge in [0.25, 0.3) is 0 Å². The Morgan fingerprint density at radius 3 is 2.70 bits per heavy atom. The molecule has 0 bridgehead atoms. The third-order valence-electron chi connectivity index (χ3n) is 5.93. The van der Waals surface area contributed by atoms with Gasteiger partial charge in [-0.1, -0.05) is 0 Å². The van der Waals surface area contributed by atoms with E-state index in [0.717, 1.165) is 41.1 Å². The van der Waals surface area contributed by atoms with Crippen molar-refractivity contribution in [2.45, 2.75) is 37.1 Å². The number of hydrogen-bond acceptors (Lipinski definition) is 4. The predicted octanol–water partition coefficient (Wildman–Crippen LogP) is -2.10. The summed E-state index contributed by atoms with van der Waals surface area (Å²) in [6.07, 6.45) is 1.35. The fraction of sp³-hybridized carbons (Fsp3) is 0.529. The van der Waals surface area contributed by atoms with Gasteiger partial charge in [0, 0.05) is 12.0 Å². The number of hydrogen-bond donors (Lipinski definition) is 2. The van der Waals surface area contributed by atoms with E-state index in [1.807, 2.05) is 12.1 Å². The van der Waals surface area contributed by atoms with E-state index >= 15 is 0 Å². The van der Waals surface area contributed by atoms with Crippen molar-refractivity contribution in [3.63, 3.8) is 0 Å². The highest BCUT2D eigenvalue weighted by Crippen LogP contribution is 2.52. The van der Waals surface area contributed by atoms with Crippen LogP contribution in [0.5, 0.6) is 11.5 Å². The molecule has 0 radical (unpaired) electrons. The summed E-state index contributed by atoms with van der Waals surface area (Å²) in [5.41, 5.74) is 3.62. The van der Waals surface area contributed by atoms with Gasteiger partial charge in [-0.05, 0) is 29.3 Å². The zero-order valence-corrected chi connectivity index (χ0v) is 15.1. The number of ether oxygens (including phenoxy) is 2. The van der Waals surface area contributed by atoms with Crippen LogP contribution < -0.4 is 33.5 Å². The van der Waals surface area contributed by atoms with Crippen LogP contribution in [-0.4, -0.2) is 53.3 Å². The Kier molecular flexibility index (Phi) is 3.46. The first kappa shape index (κ1) is 15.7. The van der Waals surface area contributed by atoms with Crippen molar-refractivity contribution >= 4 is 0 Å². The van der Waals surface area contributed by atoms with Crippen LogP contribution in [0.2, 0.25) is 0 Å². The number of halogens is 1. The second-order valence-corrected chi connectivity index (χ2v) is 7.21. The molecule has 5 atom stereocenters. The van der Waals surface area contributed by atoms with E-state index in [2.05, 4.69) is 13.1 Å². The van der Waals surface area contributed by atoms with Gasteiger partial charge in [-0.25, -0.2) is 0 Å². The van der Waals surface area contributed by atoms with E-state index in [4.69, 9.17) is 9.47 Å². The minimum atomic E-state index is -0.779. The molecule has 1 aliphatic carbocycles. The van der Waals surface area contributed by atoms with Crippen molar-refractivity contribution in [1.82, 2.24) is 0 Å². The first-order valence-corrected chi connectivity index (χ1v) is 7.90. The molecular weight excluding hydrogens is 409 g/mol. The van der Waals surface area contributed by atoms with Crippen LogP contribution in [-0.2, 0) is 6.54 Å². The Bertz CT molecular complexity index is 706. The molecule has 2 N–H and O–H groups in total. The largest absolute Gasteiger partial charge is 1.00 e. The third-order valence-corrected chi connectivity index (χ3v) is 5.93. The van der Waals surface area contributed by atoms with Crippen LogP contribution >= 0.6 is 0 Å². The van der Waals surface area contributed by atoms with Crippen molar-refractivity contribution in [2.75, 3.05) is 20.4 Å². The molecule has 6 heteroatoms. The third kappa shape index (κ3) is 2.01. The zero-order valence-electron chi connectivity index (χ0n) is 12.9. The molecule has 3 heterocycles. The Hall–Kier alpha value is -0.830. The molecular formula is C17H20INO4. The smallest absolute Gasteiger partial charge is 0.231 e. The van der Waals surface area contributed by atoms with Gasteiger partial charge in [0.1, 0.15) is 12.6 Å². The molecule has 124 valence electrons. The SMILES string of the molecule is C[N+]12CCC3=C[C@H](O)[C@@H](O)[C@@H](c4cc5c(cc4C1)OCO5)[C@@H]32.[I-]. The summed E-state index contributed by atoms with van der Waals surface area (Å²) < 4.78 is 11.9. The maximum atomic E-state index is 10.7. The zero-order chi connectivity index (χ0) is 15.1. The maximum absolute atomic E-state index is 10.7. The fourth-order valence-corrected chi connectivity index (χ4v) is 4.96. The monoisotopic (exact) mass is 429 g/mol. The Morgan fingerprint density at radius 2 is 1.91 bits per heavy atom. The van der Waals surface area contributed by atoms with Crippen LogP contribution in [0.25, 0.3) is 0 Å². The van der Waals surface area contributed by atoms with Gasteiger partial charge in [-0.3, -0.25) is 0 Å². The Morgan fingerprint density at radius 1 is 1.17 bits per heavy atom. The van der Waals surface area contributed by atoms with Crippen molar-refractivity contribution in [2.24, 2.45) is 0 Å². The molecule has 0 saturated carbocycles. The number of likely N-dealkylation sites (N-methyl/N-ethyl adjacent to an activating group) is 1. The van der Waals surface area contributed by atoms with E-state index < -0.39 is 12.2 Å². The van der Waals surface area contributed by atoms with Crippen LogP contribution in [0.1, 0.15) is 23.5 Å². The molecule has 3 aliphatic heterocycles. The maximum Gasteiger partial charge on any atom is 0.231 e. The van der Waals surface area contributed by atoms with Gasteiger partial charge in [0.15, 0.2) is 11.5 Å². The minimum Gasteiger partial charge on any atom is -1.00 e. The van der Waals surface area contributed by atoms with Gasteiger partial charge >= 0.3 is 0 Å². The number of quaternary nitrogens is 1. The molecule has 5 rings (SSSR count). The molecule has 1 fully saturated rings. The van der Waals surface area contributed by atoms with Crippen LogP contribution in [0.3, 0.4) is 0 Å². The lowest BCUT2D eigenvalue weighted by molar-refractivity contribution is -0.935. The lowest BCUT2D eigenvalue weighted by atomic mass is 9.72. The quantitative estimate of drug-likeness (QED) is 0.282. The second-order valence-electron chi connectivity index (χ2n) is 7.21. The van der Waals surface area contributed by atoms with Gasteiger partial charge in [0.2, 0.25) is 6.79 Å². The lowest BCUT2D eigenvalue weighted by Crippen LogP contribution is -3.00. The first-order valence-electron chi connectivity index (χ1n) is 7.90. The number of benzene rings is 1. The lowest BCUT2D eigenvalue weighted by Gasteiger charge is -2.48. The van der Waals surface area contributed by atoms with Crippen LogP contribution in [0.4, 0.5) is 0 Å². The second kappa shape index (κ2) is 5.08. The molecule has 4 aliphatic rings. The molecule has 1 saturated heterocycles. The molecule has 1 aromatic rings. The predicted molar refractivity (Wildman–Crippen MR) is 78.6 cm³/mol. The van der Waals surface area contributed by atoms with Crippen molar-refractivity contribution in [1.29, 1.82) is 0 Å². The van der Waals surface area contributed by atoms with E-state index in [9.17, 15) is 10.2 Å². The van der Waals surface area contributed by atoms with Gasteiger partial charge < -0.3 is 48.1 Å². The van der Waals surface area contributed by atoms with Crippen molar-refractivity contribution in [3.8, 4) is 11.5 Å². The summed E-state index contributed by atoms with van der Waals surface area (Å²) >= 11 is 0. The minimum absolute atomic E-state index is 0. The first-order chi connectivity index (χ1) is 10.6. The average Bonchev–Trinajstić information content (AvgIpc) is 3.06. The summed E-state index contributed by atoms with van der Waals surface area (Å²) in [4.78, 5) is 0. The number of rotatable bonds is 0. The van der Waals surface area contributed by atoms with E-state index in [1.54, 1.807) is 0 Å². The summed E-state index contributed by atoms with van der Waals surface area (Å²) in [6.45, 7) is 2.25. The molecule has 1 unspecified atom stereocenters. The molecule has 0 spiro atoms. The van der Waals surface area contributed by atoms with Gasteiger partial charge in [-0.15, -0.1) is 0 Å². The molecule has 1 aromatic carbocycles. The Balaban J connectivity index is 0.00000135. The summed E-state index contributed by atoms with van der Waals surface area (Å²) in [5.74, 6) is 1.48. The average molecular weight is 429 g/mol. The van der Waals surface area contributed by atoms with Crippen LogP contribution in [0.15, 0.2) is 23.8 Å². The highest BCUT2D eigenvalue weighted by Gasteiger charge is 2.56. The number of fused-ring (bicyclic) bond motifs is 3.